The highest BCUT2D eigenvalue weighted by Gasteiger charge is 2.25. The molecule has 1 aromatic heterocycles. The smallest absolute Gasteiger partial charge is 0.247 e. The van der Waals surface area contributed by atoms with Gasteiger partial charge >= 0.3 is 0 Å². The Bertz CT molecular complexity index is 1460. The average Bonchev–Trinajstić information content (AvgIpc) is 3.34. The second-order valence-corrected chi connectivity index (χ2v) is 10.7. The third-order valence-electron chi connectivity index (χ3n) is 7.11. The minimum Gasteiger partial charge on any atom is -0.494 e. The van der Waals surface area contributed by atoms with Crippen molar-refractivity contribution < 1.29 is 23.4 Å². The van der Waals surface area contributed by atoms with Gasteiger partial charge in [0.15, 0.2) is 11.6 Å². The number of carbonyl (C=O) groups excluding carboxylic acids is 1. The fourth-order valence-electron chi connectivity index (χ4n) is 4.87. The van der Waals surface area contributed by atoms with Crippen LogP contribution >= 0.6 is 0 Å². The van der Waals surface area contributed by atoms with E-state index < -0.39 is 17.2 Å². The van der Waals surface area contributed by atoms with Crippen molar-refractivity contribution in [2.45, 2.75) is 38.3 Å². The molecule has 0 spiro atoms. The van der Waals surface area contributed by atoms with E-state index in [9.17, 15) is 18.7 Å². The predicted molar refractivity (Wildman–Crippen MR) is 159 cm³/mol. The molecule has 224 valence electrons. The van der Waals surface area contributed by atoms with Gasteiger partial charge in [-0.2, -0.15) is 4.98 Å². The molecule has 1 fully saturated rings. The molecule has 1 amide bonds. The fourth-order valence-corrected chi connectivity index (χ4v) is 4.87. The largest absolute Gasteiger partial charge is 0.494 e. The van der Waals surface area contributed by atoms with Crippen molar-refractivity contribution in [1.29, 1.82) is 0 Å². The Morgan fingerprint density at radius 3 is 2.43 bits per heavy atom. The van der Waals surface area contributed by atoms with Gasteiger partial charge in [-0.25, -0.2) is 18.7 Å². The van der Waals surface area contributed by atoms with Crippen LogP contribution in [0.3, 0.4) is 0 Å². The van der Waals surface area contributed by atoms with Gasteiger partial charge in [0.05, 0.1) is 35.5 Å². The number of benzene rings is 2. The van der Waals surface area contributed by atoms with Crippen molar-refractivity contribution in [2.24, 2.45) is 0 Å². The van der Waals surface area contributed by atoms with Crippen molar-refractivity contribution in [3.05, 3.63) is 60.4 Å². The lowest BCUT2D eigenvalue weighted by molar-refractivity contribution is -0.111. The summed E-state index contributed by atoms with van der Waals surface area (Å²) in [6.45, 7) is 8.26. The lowest BCUT2D eigenvalue weighted by Gasteiger charge is -2.29. The van der Waals surface area contributed by atoms with Crippen molar-refractivity contribution in [2.75, 3.05) is 55.1 Å². The molecule has 1 aliphatic rings. The van der Waals surface area contributed by atoms with E-state index in [2.05, 4.69) is 54.3 Å². The lowest BCUT2D eigenvalue weighted by Crippen LogP contribution is -2.37. The van der Waals surface area contributed by atoms with Crippen LogP contribution in [0.25, 0.3) is 0 Å². The molecule has 1 aliphatic heterocycles. The fraction of sp³-hybridized carbons (Fsp3) is 0.379. The normalized spacial score (nSPS) is 15.3. The second kappa shape index (κ2) is 12.7. The Hall–Kier alpha value is -4.36. The number of hydrogen-bond acceptors (Lipinski definition) is 10. The number of amides is 1. The molecule has 4 N–H and O–H groups in total. The van der Waals surface area contributed by atoms with Crippen LogP contribution in [0, 0.1) is 11.6 Å². The Balaban J connectivity index is 1.65. The molecule has 3 aromatic rings. The standard InChI is InChI=1S/C29H36F2N8O3/c1-7-26(40)34-22-13-23(25(42-6)14-24(22)39(5)15-17-9-8-10-38(17)4)36-28-33-16-32-27(37-28)35-21-12-20(31)19(30)11-18(21)29(2,3)41/h7,11-14,16-17,41H,1,8-10,15H2,2-6H3,(H,34,40)(H2,32,33,35,36,37)/t17-/m1/s1. The third-order valence-corrected chi connectivity index (χ3v) is 7.11. The number of rotatable bonds is 11. The number of nitrogens with zero attached hydrogens (tertiary/aromatic N) is 5. The summed E-state index contributed by atoms with van der Waals surface area (Å²) in [6.07, 6.45) is 4.65. The number of ether oxygens (including phenoxy) is 1. The molecular formula is C29H36F2N8O3. The van der Waals surface area contributed by atoms with Crippen LogP contribution in [-0.2, 0) is 10.4 Å². The Labute approximate surface area is 243 Å². The summed E-state index contributed by atoms with van der Waals surface area (Å²) in [4.78, 5) is 29.3. The Kier molecular flexibility index (Phi) is 9.22. The number of hydrogen-bond donors (Lipinski definition) is 4. The summed E-state index contributed by atoms with van der Waals surface area (Å²) >= 11 is 0. The molecule has 1 atom stereocenters. The van der Waals surface area contributed by atoms with Crippen LogP contribution in [0.5, 0.6) is 5.75 Å². The summed E-state index contributed by atoms with van der Waals surface area (Å²) in [5.74, 6) is -1.98. The number of nitrogens with one attached hydrogen (secondary N) is 3. The average molecular weight is 583 g/mol. The van der Waals surface area contributed by atoms with Gasteiger partial charge in [-0.05, 0) is 58.5 Å². The number of anilines is 6. The maximum atomic E-state index is 14.1. The van der Waals surface area contributed by atoms with Gasteiger partial charge in [-0.3, -0.25) is 4.79 Å². The highest BCUT2D eigenvalue weighted by Crippen LogP contribution is 2.38. The van der Waals surface area contributed by atoms with Crippen molar-refractivity contribution >= 4 is 40.6 Å². The first-order valence-corrected chi connectivity index (χ1v) is 13.4. The van der Waals surface area contributed by atoms with Gasteiger partial charge in [-0.15, -0.1) is 0 Å². The van der Waals surface area contributed by atoms with E-state index in [4.69, 9.17) is 4.74 Å². The maximum Gasteiger partial charge on any atom is 0.247 e. The first-order valence-electron chi connectivity index (χ1n) is 13.4. The molecule has 11 nitrogen and oxygen atoms in total. The number of halogens is 2. The van der Waals surface area contributed by atoms with Crippen LogP contribution in [0.15, 0.2) is 43.2 Å². The summed E-state index contributed by atoms with van der Waals surface area (Å²) in [5.41, 5.74) is 0.454. The monoisotopic (exact) mass is 582 g/mol. The van der Waals surface area contributed by atoms with Gasteiger partial charge in [0.1, 0.15) is 12.1 Å². The first kappa shape index (κ1) is 30.6. The third kappa shape index (κ3) is 7.09. The predicted octanol–water partition coefficient (Wildman–Crippen LogP) is 4.53. The van der Waals surface area contributed by atoms with Gasteiger partial charge in [0, 0.05) is 37.3 Å². The molecule has 42 heavy (non-hydrogen) atoms. The maximum absolute atomic E-state index is 14.1. The zero-order valence-corrected chi connectivity index (χ0v) is 24.3. The molecule has 13 heteroatoms. The molecule has 2 aromatic carbocycles. The number of likely N-dealkylation sites (tertiary alicyclic amines) is 1. The minimum atomic E-state index is -1.48. The van der Waals surface area contributed by atoms with Crippen LogP contribution in [0.2, 0.25) is 0 Å². The minimum absolute atomic E-state index is 0.0141. The van der Waals surface area contributed by atoms with E-state index in [1.165, 1.54) is 33.4 Å². The van der Waals surface area contributed by atoms with Crippen molar-refractivity contribution in [3.63, 3.8) is 0 Å². The first-order chi connectivity index (χ1) is 19.9. The Morgan fingerprint density at radius 2 is 1.83 bits per heavy atom. The summed E-state index contributed by atoms with van der Waals surface area (Å²) < 4.78 is 33.6. The molecule has 0 unspecified atom stereocenters. The lowest BCUT2D eigenvalue weighted by atomic mass is 9.96. The zero-order chi connectivity index (χ0) is 30.6. The number of carbonyl (C=O) groups is 1. The van der Waals surface area contributed by atoms with Gasteiger partial charge in [-0.1, -0.05) is 6.58 Å². The van der Waals surface area contributed by atoms with Crippen molar-refractivity contribution in [1.82, 2.24) is 19.9 Å². The molecule has 1 saturated heterocycles. The van der Waals surface area contributed by atoms with E-state index in [1.807, 2.05) is 13.1 Å². The molecule has 2 heterocycles. The highest BCUT2D eigenvalue weighted by atomic mass is 19.2. The topological polar surface area (TPSA) is 128 Å². The van der Waals surface area contributed by atoms with E-state index in [0.717, 1.165) is 43.8 Å². The number of aliphatic hydroxyl groups is 1. The van der Waals surface area contributed by atoms with E-state index in [-0.39, 0.29) is 29.1 Å². The van der Waals surface area contributed by atoms with Crippen molar-refractivity contribution in [3.8, 4) is 5.75 Å². The van der Waals surface area contributed by atoms with Gasteiger partial charge in [0.2, 0.25) is 17.8 Å². The van der Waals surface area contributed by atoms with E-state index >= 15 is 0 Å². The van der Waals surface area contributed by atoms with Gasteiger partial charge < -0.3 is 35.6 Å². The molecule has 0 radical (unpaired) electrons. The SMILES string of the molecule is C=CC(=O)Nc1cc(Nc2ncnc(Nc3cc(F)c(F)cc3C(C)(C)O)n2)c(OC)cc1N(C)C[C@H]1CCCN1C. The molecule has 4 rings (SSSR count). The van der Waals surface area contributed by atoms with Crippen LogP contribution in [0.1, 0.15) is 32.3 Å². The van der Waals surface area contributed by atoms with Crippen LogP contribution in [0.4, 0.5) is 43.4 Å². The summed E-state index contributed by atoms with van der Waals surface area (Å²) in [6, 6.07) is 5.75. The highest BCUT2D eigenvalue weighted by molar-refractivity contribution is 6.02. The number of likely N-dealkylation sites (N-methyl/N-ethyl adjacent to an activating group) is 2. The summed E-state index contributed by atoms with van der Waals surface area (Å²) in [7, 11) is 5.59. The Morgan fingerprint density at radius 1 is 1.17 bits per heavy atom. The van der Waals surface area contributed by atoms with E-state index in [1.54, 1.807) is 6.07 Å². The van der Waals surface area contributed by atoms with Gasteiger partial charge in [0.25, 0.3) is 0 Å². The summed E-state index contributed by atoms with van der Waals surface area (Å²) in [5, 5.41) is 19.3. The van der Waals surface area contributed by atoms with Crippen LogP contribution in [-0.4, -0.2) is 71.2 Å². The second-order valence-electron chi connectivity index (χ2n) is 10.7. The quantitative estimate of drug-likeness (QED) is 0.240. The molecule has 0 aliphatic carbocycles. The number of aromatic nitrogens is 3. The molecular weight excluding hydrogens is 546 g/mol. The van der Waals surface area contributed by atoms with Crippen LogP contribution < -0.4 is 25.6 Å². The number of methoxy groups -OCH3 is 1. The van der Waals surface area contributed by atoms with E-state index in [0.29, 0.717) is 23.2 Å². The molecule has 0 saturated carbocycles. The molecule has 0 bridgehead atoms. The zero-order valence-electron chi connectivity index (χ0n) is 24.3.